The van der Waals surface area contributed by atoms with Crippen molar-refractivity contribution in [1.29, 1.82) is 0 Å². The highest BCUT2D eigenvalue weighted by molar-refractivity contribution is 7.18. The minimum Gasteiger partial charge on any atom is -0.378 e. The third-order valence-electron chi connectivity index (χ3n) is 6.32. The molecule has 0 atom stereocenters. The molecule has 2 aliphatic heterocycles. The Morgan fingerprint density at radius 1 is 1.11 bits per heavy atom. The van der Waals surface area contributed by atoms with Gasteiger partial charge in [0.25, 0.3) is 0 Å². The van der Waals surface area contributed by atoms with E-state index in [1.165, 1.54) is 50.2 Å². The lowest BCUT2D eigenvalue weighted by molar-refractivity contribution is 0.0564. The number of anilines is 1. The number of ether oxygens (including phenoxy) is 1. The lowest BCUT2D eigenvalue weighted by atomic mass is 9.79. The Morgan fingerprint density at radius 3 is 2.68 bits per heavy atom. The monoisotopic (exact) mass is 400 g/mol. The minimum atomic E-state index is -0.0456. The molecule has 1 N–H and O–H groups in total. The van der Waals surface area contributed by atoms with Gasteiger partial charge in [-0.1, -0.05) is 6.42 Å². The molecule has 1 aromatic heterocycles. The average Bonchev–Trinajstić information content (AvgIpc) is 3.11. The van der Waals surface area contributed by atoms with E-state index in [2.05, 4.69) is 16.3 Å². The number of morpholine rings is 1. The smallest absolute Gasteiger partial charge is 0.322 e. The van der Waals surface area contributed by atoms with E-state index in [1.54, 1.807) is 16.2 Å². The lowest BCUT2D eigenvalue weighted by Gasteiger charge is -2.43. The second-order valence-electron chi connectivity index (χ2n) is 8.18. The Kier molecular flexibility index (Phi) is 5.22. The number of benzene rings is 1. The molecule has 1 aromatic carbocycles. The number of piperidine rings is 1. The van der Waals surface area contributed by atoms with E-state index >= 15 is 0 Å². The van der Waals surface area contributed by atoms with Gasteiger partial charge in [-0.05, 0) is 57.0 Å². The first-order chi connectivity index (χ1) is 13.8. The summed E-state index contributed by atoms with van der Waals surface area (Å²) in [7, 11) is 0. The zero-order valence-corrected chi connectivity index (χ0v) is 17.0. The molecule has 0 radical (unpaired) electrons. The van der Waals surface area contributed by atoms with Crippen molar-refractivity contribution in [3.05, 3.63) is 23.2 Å². The van der Waals surface area contributed by atoms with Crippen LogP contribution in [0.15, 0.2) is 18.2 Å². The predicted octanol–water partition coefficient (Wildman–Crippen LogP) is 3.89. The molecular weight excluding hydrogens is 372 g/mol. The maximum absolute atomic E-state index is 12.4. The number of fused-ring (bicyclic) bond motifs is 1. The summed E-state index contributed by atoms with van der Waals surface area (Å²) in [5, 5.41) is 4.29. The van der Waals surface area contributed by atoms with E-state index in [-0.39, 0.29) is 6.03 Å². The second-order valence-corrected chi connectivity index (χ2v) is 9.25. The summed E-state index contributed by atoms with van der Waals surface area (Å²) < 4.78 is 6.48. The van der Waals surface area contributed by atoms with Crippen molar-refractivity contribution in [2.45, 2.75) is 44.1 Å². The van der Waals surface area contributed by atoms with E-state index in [0.29, 0.717) is 32.2 Å². The topological polar surface area (TPSA) is 57.7 Å². The number of nitrogens with one attached hydrogen (secondary N) is 1. The SMILES string of the molecule is O=C(Nc1ccc2nc([C@H]3C[C@@H](N4CCCCC4)C3)sc2c1)N1CCOCC1. The molecule has 0 bridgehead atoms. The van der Waals surface area contributed by atoms with Gasteiger partial charge in [0.05, 0.1) is 28.4 Å². The third-order valence-corrected chi connectivity index (χ3v) is 7.50. The number of carbonyl (C=O) groups excluding carboxylic acids is 1. The van der Waals surface area contributed by atoms with Crippen molar-refractivity contribution in [3.8, 4) is 0 Å². The van der Waals surface area contributed by atoms with Crippen LogP contribution in [0.25, 0.3) is 10.2 Å². The number of rotatable bonds is 3. The van der Waals surface area contributed by atoms with Crippen LogP contribution in [0.1, 0.15) is 43.0 Å². The Bertz CT molecular complexity index is 836. The third kappa shape index (κ3) is 3.75. The van der Waals surface area contributed by atoms with Gasteiger partial charge in [0.1, 0.15) is 0 Å². The first-order valence-corrected chi connectivity index (χ1v) is 11.4. The minimum absolute atomic E-state index is 0.0456. The molecule has 0 unspecified atom stereocenters. The van der Waals surface area contributed by atoms with Gasteiger partial charge < -0.3 is 19.9 Å². The van der Waals surface area contributed by atoms with E-state index in [0.717, 1.165) is 21.9 Å². The number of nitrogens with zero attached hydrogens (tertiary/aromatic N) is 3. The molecule has 28 heavy (non-hydrogen) atoms. The molecule has 1 aliphatic carbocycles. The van der Waals surface area contributed by atoms with Gasteiger partial charge in [-0.2, -0.15) is 0 Å². The van der Waals surface area contributed by atoms with Gasteiger partial charge in [-0.3, -0.25) is 0 Å². The van der Waals surface area contributed by atoms with Crippen LogP contribution in [0.4, 0.5) is 10.5 Å². The molecule has 0 spiro atoms. The molecule has 3 heterocycles. The predicted molar refractivity (Wildman–Crippen MR) is 112 cm³/mol. The van der Waals surface area contributed by atoms with Crippen LogP contribution in [0.2, 0.25) is 0 Å². The molecule has 2 aromatic rings. The van der Waals surface area contributed by atoms with E-state index in [4.69, 9.17) is 9.72 Å². The maximum Gasteiger partial charge on any atom is 0.322 e. The van der Waals surface area contributed by atoms with Crippen LogP contribution < -0.4 is 5.32 Å². The van der Waals surface area contributed by atoms with Crippen molar-refractivity contribution >= 4 is 33.3 Å². The fourth-order valence-electron chi connectivity index (χ4n) is 4.53. The van der Waals surface area contributed by atoms with Crippen molar-refractivity contribution in [2.24, 2.45) is 0 Å². The number of amides is 2. The zero-order chi connectivity index (χ0) is 18.9. The molecule has 6 nitrogen and oxygen atoms in total. The quantitative estimate of drug-likeness (QED) is 0.849. The second kappa shape index (κ2) is 7.97. The molecule has 150 valence electrons. The van der Waals surface area contributed by atoms with Gasteiger partial charge >= 0.3 is 6.03 Å². The summed E-state index contributed by atoms with van der Waals surface area (Å²) >= 11 is 1.79. The molecule has 3 aliphatic rings. The van der Waals surface area contributed by atoms with Gasteiger partial charge in [0.2, 0.25) is 0 Å². The summed E-state index contributed by atoms with van der Waals surface area (Å²) in [4.78, 5) is 21.8. The van der Waals surface area contributed by atoms with Crippen molar-refractivity contribution in [1.82, 2.24) is 14.8 Å². The zero-order valence-electron chi connectivity index (χ0n) is 16.2. The first kappa shape index (κ1) is 18.3. The highest BCUT2D eigenvalue weighted by Crippen LogP contribution is 2.43. The van der Waals surface area contributed by atoms with E-state index < -0.39 is 0 Å². The van der Waals surface area contributed by atoms with Crippen molar-refractivity contribution < 1.29 is 9.53 Å². The van der Waals surface area contributed by atoms with Crippen LogP contribution in [0, 0.1) is 0 Å². The van der Waals surface area contributed by atoms with Crippen molar-refractivity contribution in [3.63, 3.8) is 0 Å². The van der Waals surface area contributed by atoms with E-state index in [9.17, 15) is 4.79 Å². The number of urea groups is 1. The van der Waals surface area contributed by atoms with Crippen LogP contribution in [-0.4, -0.2) is 66.2 Å². The van der Waals surface area contributed by atoms with Gasteiger partial charge in [-0.15, -0.1) is 11.3 Å². The summed E-state index contributed by atoms with van der Waals surface area (Å²) in [6, 6.07) is 6.78. The Labute approximate surface area is 169 Å². The normalized spacial score (nSPS) is 26.2. The molecular formula is C21H28N4O2S. The summed E-state index contributed by atoms with van der Waals surface area (Å²) in [5.74, 6) is 0.607. The molecule has 1 saturated carbocycles. The number of likely N-dealkylation sites (tertiary alicyclic amines) is 1. The Balaban J connectivity index is 1.22. The summed E-state index contributed by atoms with van der Waals surface area (Å²) in [6.45, 7) is 5.10. The number of aromatic nitrogens is 1. The molecule has 3 fully saturated rings. The fourth-order valence-corrected chi connectivity index (χ4v) is 5.67. The van der Waals surface area contributed by atoms with Gasteiger partial charge in [0.15, 0.2) is 0 Å². The van der Waals surface area contributed by atoms with Crippen LogP contribution in [0.3, 0.4) is 0 Å². The number of carbonyl (C=O) groups is 1. The standard InChI is InChI=1S/C21H28N4O2S/c26-21(25-8-10-27-11-9-25)22-16-4-5-18-19(14-16)28-20(23-18)15-12-17(13-15)24-6-2-1-3-7-24/h4-5,14-15,17H,1-3,6-13H2,(H,22,26)/t15-,17+. The lowest BCUT2D eigenvalue weighted by Crippen LogP contribution is -2.46. The highest BCUT2D eigenvalue weighted by Gasteiger charge is 2.36. The molecule has 2 amide bonds. The highest BCUT2D eigenvalue weighted by atomic mass is 32.1. The number of hydrogen-bond acceptors (Lipinski definition) is 5. The van der Waals surface area contributed by atoms with Crippen LogP contribution in [-0.2, 0) is 4.74 Å². The Hall–Kier alpha value is -1.70. The largest absolute Gasteiger partial charge is 0.378 e. The average molecular weight is 401 g/mol. The van der Waals surface area contributed by atoms with Gasteiger partial charge in [0, 0.05) is 30.7 Å². The molecule has 5 rings (SSSR count). The van der Waals surface area contributed by atoms with E-state index in [1.807, 2.05) is 12.1 Å². The first-order valence-electron chi connectivity index (χ1n) is 10.5. The summed E-state index contributed by atoms with van der Waals surface area (Å²) in [6.07, 6.45) is 6.62. The van der Waals surface area contributed by atoms with Crippen molar-refractivity contribution in [2.75, 3.05) is 44.7 Å². The number of hydrogen-bond donors (Lipinski definition) is 1. The Morgan fingerprint density at radius 2 is 1.89 bits per heavy atom. The fraction of sp³-hybridized carbons (Fsp3) is 0.619. The number of thiazole rings is 1. The maximum atomic E-state index is 12.4. The molecule has 2 saturated heterocycles. The van der Waals surface area contributed by atoms with Gasteiger partial charge in [-0.25, -0.2) is 9.78 Å². The molecule has 7 heteroatoms. The van der Waals surface area contributed by atoms with Crippen LogP contribution in [0.5, 0.6) is 0 Å². The van der Waals surface area contributed by atoms with Crippen LogP contribution >= 0.6 is 11.3 Å². The summed E-state index contributed by atoms with van der Waals surface area (Å²) in [5.41, 5.74) is 1.89.